The molecule has 0 unspecified atom stereocenters. The van der Waals surface area contributed by atoms with Gasteiger partial charge in [-0.25, -0.2) is 0 Å². The van der Waals surface area contributed by atoms with Crippen LogP contribution >= 0.6 is 0 Å². The number of carbonyl (C=O) groups excluding carboxylic acids is 1. The molecule has 1 fully saturated rings. The molecule has 0 saturated carbocycles. The second-order valence-electron chi connectivity index (χ2n) is 5.89. The molecule has 0 radical (unpaired) electrons. The number of hydrogen-bond acceptors (Lipinski definition) is 5. The fourth-order valence-electron chi connectivity index (χ4n) is 2.72. The van der Waals surface area contributed by atoms with Crippen LogP contribution in [-0.4, -0.2) is 45.4 Å². The van der Waals surface area contributed by atoms with Gasteiger partial charge in [0.15, 0.2) is 6.61 Å². The van der Waals surface area contributed by atoms with E-state index in [4.69, 9.17) is 14.2 Å². The van der Waals surface area contributed by atoms with Crippen LogP contribution in [0.25, 0.3) is 0 Å². The number of nitrogens with zero attached hydrogens (tertiary/aromatic N) is 1. The van der Waals surface area contributed by atoms with Gasteiger partial charge in [0, 0.05) is 24.5 Å². The van der Waals surface area contributed by atoms with E-state index in [1.807, 2.05) is 43.3 Å². The molecule has 6 nitrogen and oxygen atoms in total. The van der Waals surface area contributed by atoms with Gasteiger partial charge in [-0.1, -0.05) is 0 Å². The number of carbonyl (C=O) groups is 1. The van der Waals surface area contributed by atoms with Gasteiger partial charge in [0.05, 0.1) is 19.8 Å². The Labute approximate surface area is 153 Å². The van der Waals surface area contributed by atoms with E-state index in [9.17, 15) is 4.79 Å². The summed E-state index contributed by atoms with van der Waals surface area (Å²) in [6, 6.07) is 15.0. The highest BCUT2D eigenvalue weighted by Gasteiger charge is 2.11. The third-order valence-electron chi connectivity index (χ3n) is 4.03. The summed E-state index contributed by atoms with van der Waals surface area (Å²) in [4.78, 5) is 14.3. The molecular weight excluding hydrogens is 332 g/mol. The van der Waals surface area contributed by atoms with Crippen LogP contribution in [0.5, 0.6) is 11.5 Å². The molecule has 0 bridgehead atoms. The second kappa shape index (κ2) is 9.10. The molecule has 1 aliphatic rings. The van der Waals surface area contributed by atoms with Crippen molar-refractivity contribution in [1.82, 2.24) is 0 Å². The fraction of sp³-hybridized carbons (Fsp3) is 0.350. The number of amides is 1. The summed E-state index contributed by atoms with van der Waals surface area (Å²) in [7, 11) is 0. The number of rotatable bonds is 7. The van der Waals surface area contributed by atoms with Crippen molar-refractivity contribution in [2.24, 2.45) is 0 Å². The smallest absolute Gasteiger partial charge is 0.262 e. The van der Waals surface area contributed by atoms with Crippen molar-refractivity contribution in [2.75, 3.05) is 49.7 Å². The van der Waals surface area contributed by atoms with Gasteiger partial charge in [0.1, 0.15) is 11.5 Å². The van der Waals surface area contributed by atoms with Crippen LogP contribution in [0.15, 0.2) is 48.5 Å². The highest BCUT2D eigenvalue weighted by Crippen LogP contribution is 2.20. The third-order valence-corrected chi connectivity index (χ3v) is 4.03. The Kier molecular flexibility index (Phi) is 6.33. The number of benzene rings is 2. The van der Waals surface area contributed by atoms with Gasteiger partial charge in [-0.2, -0.15) is 0 Å². The van der Waals surface area contributed by atoms with Crippen LogP contribution in [0.4, 0.5) is 11.4 Å². The van der Waals surface area contributed by atoms with Crippen LogP contribution < -0.4 is 19.7 Å². The fourth-order valence-corrected chi connectivity index (χ4v) is 2.72. The number of ether oxygens (including phenoxy) is 3. The zero-order chi connectivity index (χ0) is 18.2. The molecule has 1 N–H and O–H groups in total. The zero-order valence-electron chi connectivity index (χ0n) is 14.9. The topological polar surface area (TPSA) is 60.0 Å². The maximum Gasteiger partial charge on any atom is 0.262 e. The maximum atomic E-state index is 12.1. The summed E-state index contributed by atoms with van der Waals surface area (Å²) in [5.41, 5.74) is 1.89. The van der Waals surface area contributed by atoms with E-state index in [1.54, 1.807) is 12.1 Å². The van der Waals surface area contributed by atoms with E-state index >= 15 is 0 Å². The molecule has 6 heteroatoms. The number of nitrogens with one attached hydrogen (secondary N) is 1. The lowest BCUT2D eigenvalue weighted by molar-refractivity contribution is -0.118. The summed E-state index contributed by atoms with van der Waals surface area (Å²) in [6.45, 7) is 5.79. The average molecular weight is 356 g/mol. The Morgan fingerprint density at radius 2 is 1.62 bits per heavy atom. The van der Waals surface area contributed by atoms with Gasteiger partial charge in [-0.3, -0.25) is 4.79 Å². The van der Waals surface area contributed by atoms with Crippen molar-refractivity contribution in [3.8, 4) is 11.5 Å². The minimum Gasteiger partial charge on any atom is -0.494 e. The summed E-state index contributed by atoms with van der Waals surface area (Å²) in [5.74, 6) is 1.22. The Bertz CT molecular complexity index is 695. The summed E-state index contributed by atoms with van der Waals surface area (Å²) in [5, 5.41) is 2.84. The lowest BCUT2D eigenvalue weighted by Gasteiger charge is -2.28. The van der Waals surface area contributed by atoms with E-state index in [0.717, 1.165) is 43.4 Å². The van der Waals surface area contributed by atoms with Crippen LogP contribution in [0, 0.1) is 0 Å². The Hall–Kier alpha value is -2.73. The zero-order valence-corrected chi connectivity index (χ0v) is 14.9. The molecule has 138 valence electrons. The molecule has 3 rings (SSSR count). The molecule has 0 aliphatic carbocycles. The summed E-state index contributed by atoms with van der Waals surface area (Å²) < 4.78 is 16.2. The summed E-state index contributed by atoms with van der Waals surface area (Å²) >= 11 is 0. The van der Waals surface area contributed by atoms with Gasteiger partial charge in [0.25, 0.3) is 5.91 Å². The minimum absolute atomic E-state index is 0.0425. The maximum absolute atomic E-state index is 12.1. The highest BCUT2D eigenvalue weighted by atomic mass is 16.5. The van der Waals surface area contributed by atoms with Crippen LogP contribution in [-0.2, 0) is 9.53 Å². The summed E-state index contributed by atoms with van der Waals surface area (Å²) in [6.07, 6.45) is 0. The Morgan fingerprint density at radius 1 is 1.00 bits per heavy atom. The standard InChI is InChI=1S/C20H24N2O4/c1-2-25-18-7-9-19(10-8-18)26-15-20(23)21-16-3-5-17(6-4-16)22-11-13-24-14-12-22/h3-10H,2,11-15H2,1H3,(H,21,23). The Morgan fingerprint density at radius 3 is 2.23 bits per heavy atom. The SMILES string of the molecule is CCOc1ccc(OCC(=O)Nc2ccc(N3CCOCC3)cc2)cc1. The first-order valence-corrected chi connectivity index (χ1v) is 8.83. The predicted octanol–water partition coefficient (Wildman–Crippen LogP) is 2.94. The average Bonchev–Trinajstić information content (AvgIpc) is 2.69. The van der Waals surface area contributed by atoms with E-state index < -0.39 is 0 Å². The van der Waals surface area contributed by atoms with Gasteiger partial charge < -0.3 is 24.4 Å². The molecule has 0 atom stereocenters. The monoisotopic (exact) mass is 356 g/mol. The van der Waals surface area contributed by atoms with E-state index in [0.29, 0.717) is 12.4 Å². The third kappa shape index (κ3) is 5.13. The first kappa shape index (κ1) is 18.1. The van der Waals surface area contributed by atoms with Crippen molar-refractivity contribution in [3.63, 3.8) is 0 Å². The van der Waals surface area contributed by atoms with Gasteiger partial charge in [0.2, 0.25) is 0 Å². The molecule has 1 saturated heterocycles. The quantitative estimate of drug-likeness (QED) is 0.827. The van der Waals surface area contributed by atoms with Gasteiger partial charge in [-0.15, -0.1) is 0 Å². The van der Waals surface area contributed by atoms with Crippen molar-refractivity contribution in [3.05, 3.63) is 48.5 Å². The van der Waals surface area contributed by atoms with E-state index in [-0.39, 0.29) is 12.5 Å². The molecule has 1 heterocycles. The van der Waals surface area contributed by atoms with Gasteiger partial charge in [-0.05, 0) is 55.5 Å². The largest absolute Gasteiger partial charge is 0.494 e. The molecule has 0 aromatic heterocycles. The molecule has 0 spiro atoms. The molecule has 2 aromatic carbocycles. The lowest BCUT2D eigenvalue weighted by atomic mass is 10.2. The lowest BCUT2D eigenvalue weighted by Crippen LogP contribution is -2.36. The minimum atomic E-state index is -0.196. The van der Waals surface area contributed by atoms with Crippen molar-refractivity contribution < 1.29 is 19.0 Å². The first-order valence-electron chi connectivity index (χ1n) is 8.83. The van der Waals surface area contributed by atoms with Gasteiger partial charge >= 0.3 is 0 Å². The van der Waals surface area contributed by atoms with Crippen LogP contribution in [0.3, 0.4) is 0 Å². The molecule has 1 amide bonds. The number of morpholine rings is 1. The van der Waals surface area contributed by atoms with E-state index in [1.165, 1.54) is 0 Å². The molecule has 1 aliphatic heterocycles. The molecule has 26 heavy (non-hydrogen) atoms. The second-order valence-corrected chi connectivity index (χ2v) is 5.89. The number of anilines is 2. The Balaban J connectivity index is 1.46. The first-order chi connectivity index (χ1) is 12.7. The molecular formula is C20H24N2O4. The van der Waals surface area contributed by atoms with E-state index in [2.05, 4.69) is 10.2 Å². The normalized spacial score (nSPS) is 14.0. The van der Waals surface area contributed by atoms with Crippen molar-refractivity contribution in [2.45, 2.75) is 6.92 Å². The highest BCUT2D eigenvalue weighted by molar-refractivity contribution is 5.92. The van der Waals surface area contributed by atoms with Crippen molar-refractivity contribution in [1.29, 1.82) is 0 Å². The van der Waals surface area contributed by atoms with Crippen LogP contribution in [0.1, 0.15) is 6.92 Å². The predicted molar refractivity (Wildman–Crippen MR) is 101 cm³/mol. The number of hydrogen-bond donors (Lipinski definition) is 1. The van der Waals surface area contributed by atoms with Crippen molar-refractivity contribution >= 4 is 17.3 Å². The molecule has 2 aromatic rings. The van der Waals surface area contributed by atoms with Crippen LogP contribution in [0.2, 0.25) is 0 Å².